The van der Waals surface area contributed by atoms with Gasteiger partial charge in [-0.15, -0.1) is 11.8 Å². The summed E-state index contributed by atoms with van der Waals surface area (Å²) in [5.74, 6) is 0.955. The Morgan fingerprint density at radius 3 is 2.83 bits per heavy atom. The van der Waals surface area contributed by atoms with Crippen LogP contribution in [0.1, 0.15) is 53.4 Å². The quantitative estimate of drug-likeness (QED) is 0.703. The molecule has 1 heterocycles. The highest BCUT2D eigenvalue weighted by Crippen LogP contribution is 2.60. The van der Waals surface area contributed by atoms with Gasteiger partial charge in [0.15, 0.2) is 0 Å². The minimum Gasteiger partial charge on any atom is -0.298 e. The number of carbonyl (C=O) groups is 1. The molecule has 1 unspecified atom stereocenters. The van der Waals surface area contributed by atoms with Gasteiger partial charge in [0.05, 0.1) is 5.03 Å². The van der Waals surface area contributed by atoms with Gasteiger partial charge in [-0.3, -0.25) is 4.79 Å². The fourth-order valence-corrected chi connectivity index (χ4v) is 6.14. The summed E-state index contributed by atoms with van der Waals surface area (Å²) in [4.78, 5) is 17.7. The molecule has 4 atom stereocenters. The van der Waals surface area contributed by atoms with Crippen LogP contribution in [0.2, 0.25) is 0 Å². The molecule has 2 bridgehead atoms. The number of nitrogens with zero attached hydrogens (tertiary/aromatic N) is 1. The zero-order valence-electron chi connectivity index (χ0n) is 14.6. The smallest absolute Gasteiger partial charge is 0.145 e. The van der Waals surface area contributed by atoms with Gasteiger partial charge >= 0.3 is 0 Å². The summed E-state index contributed by atoms with van der Waals surface area (Å²) in [5.41, 5.74) is 0.944. The molecule has 0 saturated heterocycles. The highest BCUT2D eigenvalue weighted by Gasteiger charge is 2.60. The number of ketones is 1. The number of hydrogen-bond acceptors (Lipinski definition) is 3. The molecule has 1 aromatic rings. The van der Waals surface area contributed by atoms with E-state index in [0.717, 1.165) is 24.3 Å². The van der Waals surface area contributed by atoms with E-state index in [2.05, 4.69) is 44.8 Å². The summed E-state index contributed by atoms with van der Waals surface area (Å²) >= 11 is 1.88. The minimum absolute atomic E-state index is 0.147. The van der Waals surface area contributed by atoms with E-state index < -0.39 is 0 Å². The van der Waals surface area contributed by atoms with Crippen LogP contribution in [0.15, 0.2) is 41.1 Å². The number of Topliss-reactive ketones (excluding diaryl/α,β-unsaturated/α-hetero) is 1. The van der Waals surface area contributed by atoms with Gasteiger partial charge in [0, 0.05) is 22.3 Å². The van der Waals surface area contributed by atoms with Gasteiger partial charge in [-0.2, -0.15) is 0 Å². The Balaban J connectivity index is 1.89. The third-order valence-electron chi connectivity index (χ3n) is 5.84. The van der Waals surface area contributed by atoms with Crippen LogP contribution >= 0.6 is 11.8 Å². The maximum absolute atomic E-state index is 13.2. The van der Waals surface area contributed by atoms with E-state index in [0.29, 0.717) is 17.0 Å². The first-order valence-corrected chi connectivity index (χ1v) is 9.49. The SMILES string of the molecule is CC(C)=CC[C@@]1(C)C(=O)[C@]2(C)CC[C@H]1C(Sc1ccccn1)C2. The van der Waals surface area contributed by atoms with Gasteiger partial charge in [-0.05, 0) is 57.6 Å². The number of aromatic nitrogens is 1. The highest BCUT2D eigenvalue weighted by molar-refractivity contribution is 7.99. The molecule has 3 aliphatic rings. The standard InChI is InChI=1S/C20H27NOS/c1-14(2)8-11-20(4)15-9-10-19(3,18(20)22)13-16(15)23-17-7-5-6-12-21-17/h5-8,12,15-16H,9-11,13H2,1-4H3/t15-,16?,19+,20+/m0/s1. The number of rotatable bonds is 4. The van der Waals surface area contributed by atoms with Crippen molar-refractivity contribution in [2.75, 3.05) is 0 Å². The van der Waals surface area contributed by atoms with Gasteiger partial charge in [0.1, 0.15) is 5.78 Å². The van der Waals surface area contributed by atoms with E-state index in [1.165, 1.54) is 12.0 Å². The second-order valence-corrected chi connectivity index (χ2v) is 9.23. The van der Waals surface area contributed by atoms with Crippen molar-refractivity contribution in [1.82, 2.24) is 4.98 Å². The average Bonchev–Trinajstić information content (AvgIpc) is 2.52. The Bertz CT molecular complexity index is 622. The normalized spacial score (nSPS) is 36.1. The average molecular weight is 330 g/mol. The monoisotopic (exact) mass is 329 g/mol. The molecular formula is C20H27NOS. The van der Waals surface area contributed by atoms with Crippen LogP contribution in [-0.2, 0) is 4.79 Å². The van der Waals surface area contributed by atoms with Crippen molar-refractivity contribution in [2.45, 2.75) is 63.7 Å². The summed E-state index contributed by atoms with van der Waals surface area (Å²) in [6.45, 7) is 8.65. The molecule has 3 heteroatoms. The lowest BCUT2D eigenvalue weighted by molar-refractivity contribution is -0.153. The number of hydrogen-bond donors (Lipinski definition) is 0. The van der Waals surface area contributed by atoms with Crippen molar-refractivity contribution in [3.05, 3.63) is 36.0 Å². The molecule has 0 aromatic carbocycles. The fraction of sp³-hybridized carbons (Fsp3) is 0.600. The van der Waals surface area contributed by atoms with E-state index in [1.54, 1.807) is 0 Å². The molecule has 23 heavy (non-hydrogen) atoms. The van der Waals surface area contributed by atoms with Crippen LogP contribution in [-0.4, -0.2) is 16.0 Å². The first-order chi connectivity index (χ1) is 10.8. The second kappa shape index (κ2) is 6.08. The predicted molar refractivity (Wildman–Crippen MR) is 96.5 cm³/mol. The number of fused-ring (bicyclic) bond motifs is 3. The molecule has 0 spiro atoms. The molecule has 3 saturated carbocycles. The van der Waals surface area contributed by atoms with Gasteiger partial charge < -0.3 is 0 Å². The summed E-state index contributed by atoms with van der Waals surface area (Å²) in [7, 11) is 0. The van der Waals surface area contributed by atoms with Crippen LogP contribution < -0.4 is 0 Å². The van der Waals surface area contributed by atoms with Crippen LogP contribution in [0.25, 0.3) is 0 Å². The summed E-state index contributed by atoms with van der Waals surface area (Å²) in [6.07, 6.45) is 8.22. The Morgan fingerprint density at radius 1 is 1.39 bits per heavy atom. The van der Waals surface area contributed by atoms with E-state index >= 15 is 0 Å². The number of thioether (sulfide) groups is 1. The molecular weight excluding hydrogens is 302 g/mol. The molecule has 0 amide bonds. The second-order valence-electron chi connectivity index (χ2n) is 7.97. The lowest BCUT2D eigenvalue weighted by Crippen LogP contribution is -2.58. The summed E-state index contributed by atoms with van der Waals surface area (Å²) in [5, 5.41) is 1.59. The van der Waals surface area contributed by atoms with E-state index in [1.807, 2.05) is 30.1 Å². The zero-order valence-corrected chi connectivity index (χ0v) is 15.5. The van der Waals surface area contributed by atoms with Crippen LogP contribution in [0, 0.1) is 16.7 Å². The van der Waals surface area contributed by atoms with Crippen molar-refractivity contribution in [3.63, 3.8) is 0 Å². The highest BCUT2D eigenvalue weighted by atomic mass is 32.2. The Hall–Kier alpha value is -1.09. The first-order valence-electron chi connectivity index (χ1n) is 8.61. The van der Waals surface area contributed by atoms with Gasteiger partial charge in [0.25, 0.3) is 0 Å². The molecule has 3 fully saturated rings. The summed E-state index contributed by atoms with van der Waals surface area (Å²) < 4.78 is 0. The zero-order chi connectivity index (χ0) is 16.7. The van der Waals surface area contributed by atoms with Crippen molar-refractivity contribution in [1.29, 1.82) is 0 Å². The Labute approximate surface area is 144 Å². The van der Waals surface area contributed by atoms with Gasteiger partial charge in [-0.25, -0.2) is 4.98 Å². The molecule has 3 aliphatic carbocycles. The van der Waals surface area contributed by atoms with Crippen LogP contribution in [0.4, 0.5) is 0 Å². The molecule has 0 radical (unpaired) electrons. The first kappa shape index (κ1) is 16.8. The fourth-order valence-electron chi connectivity index (χ4n) is 4.50. The van der Waals surface area contributed by atoms with Crippen molar-refractivity contribution < 1.29 is 4.79 Å². The summed E-state index contributed by atoms with van der Waals surface area (Å²) in [6, 6.07) is 6.09. The van der Waals surface area contributed by atoms with E-state index in [-0.39, 0.29) is 10.8 Å². The lowest BCUT2D eigenvalue weighted by atomic mass is 9.49. The maximum atomic E-state index is 13.2. The minimum atomic E-state index is -0.213. The molecule has 0 aliphatic heterocycles. The third kappa shape index (κ3) is 3.00. The largest absolute Gasteiger partial charge is 0.298 e. The van der Waals surface area contributed by atoms with Crippen LogP contribution in [0.3, 0.4) is 0 Å². The topological polar surface area (TPSA) is 30.0 Å². The maximum Gasteiger partial charge on any atom is 0.145 e. The van der Waals surface area contributed by atoms with Gasteiger partial charge in [-0.1, -0.05) is 31.6 Å². The lowest BCUT2D eigenvalue weighted by Gasteiger charge is -2.57. The van der Waals surface area contributed by atoms with Crippen molar-refractivity contribution >= 4 is 17.5 Å². The van der Waals surface area contributed by atoms with Crippen molar-refractivity contribution in [3.8, 4) is 0 Å². The number of carbonyl (C=O) groups excluding carboxylic acids is 1. The van der Waals surface area contributed by atoms with Crippen LogP contribution in [0.5, 0.6) is 0 Å². The molecule has 124 valence electrons. The number of pyridine rings is 1. The van der Waals surface area contributed by atoms with E-state index in [9.17, 15) is 4.79 Å². The molecule has 0 N–H and O–H groups in total. The third-order valence-corrected chi connectivity index (χ3v) is 7.12. The van der Waals surface area contributed by atoms with E-state index in [4.69, 9.17) is 0 Å². The Morgan fingerprint density at radius 2 is 2.17 bits per heavy atom. The number of allylic oxidation sites excluding steroid dienone is 2. The predicted octanol–water partition coefficient (Wildman–Crippen LogP) is 5.29. The molecule has 2 nitrogen and oxygen atoms in total. The van der Waals surface area contributed by atoms with Crippen molar-refractivity contribution in [2.24, 2.45) is 16.7 Å². The van der Waals surface area contributed by atoms with Gasteiger partial charge in [0.2, 0.25) is 0 Å². The Kier molecular flexibility index (Phi) is 4.43. The molecule has 1 aromatic heterocycles. The molecule has 4 rings (SSSR count).